The number of likely N-dealkylation sites (N-methyl/N-ethyl adjacent to an activating group) is 1. The number of hydrogen-bond donors (Lipinski definition) is 1. The maximum atomic E-state index is 11.7. The minimum absolute atomic E-state index is 0.102. The fourth-order valence-electron chi connectivity index (χ4n) is 1.55. The first kappa shape index (κ1) is 13.3. The van der Waals surface area contributed by atoms with Crippen molar-refractivity contribution < 1.29 is 9.53 Å². The Balaban J connectivity index is 2.68. The summed E-state index contributed by atoms with van der Waals surface area (Å²) in [5.41, 5.74) is 0.415. The molecule has 0 saturated heterocycles. The van der Waals surface area contributed by atoms with Crippen LogP contribution in [0.4, 0.5) is 0 Å². The predicted octanol–water partition coefficient (Wildman–Crippen LogP) is 0.931. The lowest BCUT2D eigenvalue weighted by Gasteiger charge is -2.18. The average molecular weight is 238 g/mol. The number of hydrogen-bond acceptors (Lipinski definition) is 3. The van der Waals surface area contributed by atoms with Crippen LogP contribution in [0.15, 0.2) is 17.1 Å². The minimum Gasteiger partial charge on any atom is -0.478 e. The highest BCUT2D eigenvalue weighted by atomic mass is 16.5. The quantitative estimate of drug-likeness (QED) is 0.830. The molecule has 0 radical (unpaired) electrons. The van der Waals surface area contributed by atoms with Gasteiger partial charge < -0.3 is 14.6 Å². The molecule has 0 aliphatic rings. The number of aromatic nitrogens is 1. The van der Waals surface area contributed by atoms with Crippen molar-refractivity contribution in [3.05, 3.63) is 28.2 Å². The molecule has 0 saturated carbocycles. The van der Waals surface area contributed by atoms with Gasteiger partial charge in [-0.25, -0.2) is 0 Å². The summed E-state index contributed by atoms with van der Waals surface area (Å²) in [7, 11) is 0. The lowest BCUT2D eigenvalue weighted by atomic mass is 10.3. The van der Waals surface area contributed by atoms with Crippen molar-refractivity contribution >= 4 is 5.91 Å². The highest BCUT2D eigenvalue weighted by molar-refractivity contribution is 5.77. The van der Waals surface area contributed by atoms with E-state index in [4.69, 9.17) is 4.74 Å². The summed E-state index contributed by atoms with van der Waals surface area (Å²) in [4.78, 5) is 27.7. The maximum Gasteiger partial charge on any atom is 0.260 e. The summed E-state index contributed by atoms with van der Waals surface area (Å²) < 4.78 is 5.28. The predicted molar refractivity (Wildman–Crippen MR) is 65.2 cm³/mol. The molecule has 0 aromatic carbocycles. The van der Waals surface area contributed by atoms with Gasteiger partial charge in [-0.2, -0.15) is 0 Å². The summed E-state index contributed by atoms with van der Waals surface area (Å²) >= 11 is 0. The molecule has 1 heterocycles. The lowest BCUT2D eigenvalue weighted by molar-refractivity contribution is -0.133. The molecule has 5 nitrogen and oxygen atoms in total. The number of carbonyl (C=O) groups is 1. The zero-order valence-electron chi connectivity index (χ0n) is 10.4. The summed E-state index contributed by atoms with van der Waals surface area (Å²) in [6, 6.07) is 1.38. The Bertz CT molecular complexity index is 436. The van der Waals surface area contributed by atoms with Gasteiger partial charge in [0.2, 0.25) is 5.43 Å². The van der Waals surface area contributed by atoms with Gasteiger partial charge in [-0.1, -0.05) is 0 Å². The average Bonchev–Trinajstić information content (AvgIpc) is 2.30. The number of ether oxygens (including phenoxy) is 1. The molecule has 94 valence electrons. The van der Waals surface area contributed by atoms with E-state index >= 15 is 0 Å². The van der Waals surface area contributed by atoms with E-state index in [1.807, 2.05) is 13.8 Å². The Morgan fingerprint density at radius 2 is 2.06 bits per heavy atom. The third-order valence-corrected chi connectivity index (χ3v) is 2.56. The van der Waals surface area contributed by atoms with E-state index in [9.17, 15) is 9.59 Å². The Labute approximate surface area is 100 Å². The van der Waals surface area contributed by atoms with Crippen LogP contribution >= 0.6 is 0 Å². The zero-order valence-corrected chi connectivity index (χ0v) is 10.4. The van der Waals surface area contributed by atoms with E-state index in [0.29, 0.717) is 18.8 Å². The molecule has 0 atom stereocenters. The Morgan fingerprint density at radius 3 is 2.59 bits per heavy atom. The van der Waals surface area contributed by atoms with Crippen LogP contribution in [0.5, 0.6) is 5.75 Å². The van der Waals surface area contributed by atoms with Crippen LogP contribution in [0, 0.1) is 6.92 Å². The van der Waals surface area contributed by atoms with E-state index in [0.717, 1.165) is 0 Å². The summed E-state index contributed by atoms with van der Waals surface area (Å²) in [6.07, 6.45) is 1.55. The van der Waals surface area contributed by atoms with Crippen LogP contribution in [0.25, 0.3) is 0 Å². The second kappa shape index (κ2) is 6.08. The molecule has 0 aliphatic heterocycles. The van der Waals surface area contributed by atoms with Crippen molar-refractivity contribution in [2.24, 2.45) is 0 Å². The van der Waals surface area contributed by atoms with Gasteiger partial charge in [0, 0.05) is 25.4 Å². The number of aromatic amines is 1. The van der Waals surface area contributed by atoms with Crippen LogP contribution in [-0.2, 0) is 4.79 Å². The van der Waals surface area contributed by atoms with E-state index in [1.165, 1.54) is 6.07 Å². The van der Waals surface area contributed by atoms with Gasteiger partial charge in [-0.3, -0.25) is 9.59 Å². The van der Waals surface area contributed by atoms with Gasteiger partial charge in [0.15, 0.2) is 12.4 Å². The Morgan fingerprint density at radius 1 is 1.41 bits per heavy atom. The molecule has 0 unspecified atom stereocenters. The number of amides is 1. The Hall–Kier alpha value is -1.78. The molecule has 0 aliphatic carbocycles. The van der Waals surface area contributed by atoms with Gasteiger partial charge in [-0.05, 0) is 20.8 Å². The molecule has 1 aromatic heterocycles. The number of pyridine rings is 1. The normalized spacial score (nSPS) is 10.1. The number of aryl methyl sites for hydroxylation is 1. The first-order valence-corrected chi connectivity index (χ1v) is 5.69. The van der Waals surface area contributed by atoms with E-state index in [-0.39, 0.29) is 23.7 Å². The first-order valence-electron chi connectivity index (χ1n) is 5.69. The molecule has 0 fully saturated rings. The summed E-state index contributed by atoms with van der Waals surface area (Å²) in [5.74, 6) is 0.102. The van der Waals surface area contributed by atoms with Crippen molar-refractivity contribution in [1.82, 2.24) is 9.88 Å². The highest BCUT2D eigenvalue weighted by Gasteiger charge is 2.12. The molecule has 0 bridgehead atoms. The maximum absolute atomic E-state index is 11.7. The van der Waals surface area contributed by atoms with Gasteiger partial charge in [0.25, 0.3) is 5.91 Å². The third-order valence-electron chi connectivity index (χ3n) is 2.56. The van der Waals surface area contributed by atoms with Crippen molar-refractivity contribution in [3.63, 3.8) is 0 Å². The van der Waals surface area contributed by atoms with E-state index in [2.05, 4.69) is 4.98 Å². The largest absolute Gasteiger partial charge is 0.478 e. The molecule has 1 N–H and O–H groups in total. The molecule has 17 heavy (non-hydrogen) atoms. The van der Waals surface area contributed by atoms with Crippen LogP contribution in [0.3, 0.4) is 0 Å². The monoisotopic (exact) mass is 238 g/mol. The first-order chi connectivity index (χ1) is 8.10. The van der Waals surface area contributed by atoms with Gasteiger partial charge >= 0.3 is 0 Å². The molecule has 1 rings (SSSR count). The van der Waals surface area contributed by atoms with Gasteiger partial charge in [0.05, 0.1) is 5.69 Å². The van der Waals surface area contributed by atoms with Gasteiger partial charge in [-0.15, -0.1) is 0 Å². The zero-order chi connectivity index (χ0) is 12.8. The highest BCUT2D eigenvalue weighted by Crippen LogP contribution is 2.07. The number of nitrogens with zero attached hydrogens (tertiary/aromatic N) is 1. The molecule has 5 heteroatoms. The lowest BCUT2D eigenvalue weighted by Crippen LogP contribution is -2.35. The molecule has 0 spiro atoms. The van der Waals surface area contributed by atoms with Crippen molar-refractivity contribution in [3.8, 4) is 5.75 Å². The fraction of sp³-hybridized carbons (Fsp3) is 0.500. The number of H-pyrrole nitrogens is 1. The van der Waals surface area contributed by atoms with Crippen molar-refractivity contribution in [1.29, 1.82) is 0 Å². The number of rotatable bonds is 5. The molecule has 1 amide bonds. The third kappa shape index (κ3) is 3.34. The second-order valence-electron chi connectivity index (χ2n) is 3.65. The summed E-state index contributed by atoms with van der Waals surface area (Å²) in [6.45, 7) is 6.73. The van der Waals surface area contributed by atoms with Crippen LogP contribution in [0.2, 0.25) is 0 Å². The molecule has 1 aromatic rings. The number of carbonyl (C=O) groups excluding carboxylic acids is 1. The molecular weight excluding hydrogens is 220 g/mol. The van der Waals surface area contributed by atoms with Crippen LogP contribution in [-0.4, -0.2) is 35.5 Å². The Kier molecular flexibility index (Phi) is 4.75. The minimum atomic E-state index is -0.214. The van der Waals surface area contributed by atoms with Gasteiger partial charge in [0.1, 0.15) is 0 Å². The van der Waals surface area contributed by atoms with Crippen LogP contribution in [0.1, 0.15) is 19.5 Å². The summed E-state index contributed by atoms with van der Waals surface area (Å²) in [5, 5.41) is 0. The second-order valence-corrected chi connectivity index (χ2v) is 3.65. The van der Waals surface area contributed by atoms with Crippen LogP contribution < -0.4 is 10.2 Å². The van der Waals surface area contributed by atoms with Crippen molar-refractivity contribution in [2.75, 3.05) is 19.7 Å². The smallest absolute Gasteiger partial charge is 0.260 e. The topological polar surface area (TPSA) is 62.4 Å². The number of nitrogens with one attached hydrogen (secondary N) is 1. The standard InChI is InChI=1S/C12H18N2O3/c1-4-14(5-2)11(16)8-17-12-9(3)13-7-6-10(12)15/h6-7H,4-5,8H2,1-3H3,(H,13,15). The fourth-order valence-corrected chi connectivity index (χ4v) is 1.55. The van der Waals surface area contributed by atoms with E-state index in [1.54, 1.807) is 18.0 Å². The van der Waals surface area contributed by atoms with Crippen molar-refractivity contribution in [2.45, 2.75) is 20.8 Å². The van der Waals surface area contributed by atoms with E-state index < -0.39 is 0 Å². The molecular formula is C12H18N2O3. The SMILES string of the molecule is CCN(CC)C(=O)COc1c(C)[nH]ccc1=O.